The molecule has 0 aliphatic rings. The predicted molar refractivity (Wildman–Crippen MR) is 85.0 cm³/mol. The Kier molecular flexibility index (Phi) is 6.10. The van der Waals surface area contributed by atoms with Gasteiger partial charge < -0.3 is 5.21 Å². The summed E-state index contributed by atoms with van der Waals surface area (Å²) in [5, 5.41) is 36.4. The van der Waals surface area contributed by atoms with E-state index < -0.39 is 25.5 Å². The van der Waals surface area contributed by atoms with Gasteiger partial charge in [-0.15, -0.1) is 0 Å². The van der Waals surface area contributed by atoms with E-state index in [4.69, 9.17) is 0 Å². The van der Waals surface area contributed by atoms with Crippen LogP contribution in [0.4, 0.5) is 5.69 Å². The summed E-state index contributed by atoms with van der Waals surface area (Å²) < 4.78 is 26.3. The van der Waals surface area contributed by atoms with Gasteiger partial charge in [0.1, 0.15) is 6.54 Å². The average Bonchev–Trinajstić information content (AvgIpc) is 2.50. The molecule has 138 valence electrons. The molecule has 0 aliphatic carbocycles. The van der Waals surface area contributed by atoms with Crippen molar-refractivity contribution in [1.82, 2.24) is 4.72 Å². The van der Waals surface area contributed by atoms with Gasteiger partial charge in [-0.1, -0.05) is 6.07 Å². The molecule has 25 heavy (non-hydrogen) atoms. The van der Waals surface area contributed by atoms with Gasteiger partial charge in [-0.2, -0.15) is 0 Å². The number of nitrogens with one attached hydrogen (secondary N) is 1. The van der Waals surface area contributed by atoms with Gasteiger partial charge in [0, 0.05) is 18.2 Å². The van der Waals surface area contributed by atoms with Crippen LogP contribution in [0.2, 0.25) is 0 Å². The highest BCUT2D eigenvalue weighted by atomic mass is 32.2. The summed E-state index contributed by atoms with van der Waals surface area (Å²) in [4.78, 5) is 19.6. The Morgan fingerprint density at radius 2 is 1.80 bits per heavy atom. The Hall–Kier alpha value is -2.67. The van der Waals surface area contributed by atoms with E-state index in [0.29, 0.717) is 5.56 Å². The first-order valence-corrected chi connectivity index (χ1v) is 8.42. The van der Waals surface area contributed by atoms with Crippen LogP contribution in [-0.4, -0.2) is 41.9 Å². The lowest BCUT2D eigenvalue weighted by Crippen LogP contribution is -2.40. The summed E-state index contributed by atoms with van der Waals surface area (Å²) in [7, 11) is -4.05. The summed E-state index contributed by atoms with van der Waals surface area (Å²) in [5.74, 6) is 0. The number of hydroxylamine groups is 1. The monoisotopic (exact) mass is 375 g/mol. The first-order valence-electron chi connectivity index (χ1n) is 6.93. The van der Waals surface area contributed by atoms with E-state index in [2.05, 4.69) is 9.84 Å². The van der Waals surface area contributed by atoms with Crippen molar-refractivity contribution in [3.8, 4) is 0 Å². The van der Waals surface area contributed by atoms with Gasteiger partial charge in [-0.3, -0.25) is 20.2 Å². The molecule has 0 saturated heterocycles. The minimum Gasteiger partial charge on any atom is -0.594 e. The molecule has 13 heteroatoms. The Balaban J connectivity index is 2.82. The second-order valence-corrected chi connectivity index (χ2v) is 7.26. The first kappa shape index (κ1) is 20.4. The smallest absolute Gasteiger partial charge is 0.432 e. The molecular weight excluding hydrogens is 358 g/mol. The maximum Gasteiger partial charge on any atom is 0.432 e. The van der Waals surface area contributed by atoms with Crippen LogP contribution in [-0.2, 0) is 10.0 Å². The molecule has 12 nitrogen and oxygen atoms in total. The Morgan fingerprint density at radius 1 is 1.20 bits per heavy atom. The Bertz CT molecular complexity index is 819. The SMILES string of the molecule is Cc1ccc(S(=O)(=O)NCCN=[N+]([O-])C(C)(C)[N+](=O)[O-])cc1[N+](=O)[O-]. The van der Waals surface area contributed by atoms with Gasteiger partial charge in [0.2, 0.25) is 10.0 Å². The normalized spacial score (nSPS) is 12.8. The van der Waals surface area contributed by atoms with Crippen LogP contribution in [0, 0.1) is 32.4 Å². The van der Waals surface area contributed by atoms with Crippen molar-refractivity contribution in [2.24, 2.45) is 5.11 Å². The molecule has 0 aromatic heterocycles. The van der Waals surface area contributed by atoms with E-state index in [1.807, 2.05) is 0 Å². The summed E-state index contributed by atoms with van der Waals surface area (Å²) in [6.45, 7) is 2.93. The summed E-state index contributed by atoms with van der Waals surface area (Å²) in [5.41, 5.74) is -2.01. The van der Waals surface area contributed by atoms with Crippen molar-refractivity contribution in [1.29, 1.82) is 0 Å². The van der Waals surface area contributed by atoms with Gasteiger partial charge >= 0.3 is 5.66 Å². The standard InChI is InChI=1S/C12H17N5O7S/c1-9-4-5-10(8-11(9)15(18)19)25(23,24)14-7-6-13-16(20)12(2,3)17(21)22/h4-5,8,14H,6-7H2,1-3H3. The number of aryl methyl sites for hydroxylation is 1. The predicted octanol–water partition coefficient (Wildman–Crippen LogP) is 1.16. The van der Waals surface area contributed by atoms with Gasteiger partial charge in [0.15, 0.2) is 0 Å². The second-order valence-electron chi connectivity index (χ2n) is 5.49. The number of nitro benzene ring substituents is 1. The van der Waals surface area contributed by atoms with Crippen LogP contribution in [0.3, 0.4) is 0 Å². The highest BCUT2D eigenvalue weighted by Gasteiger charge is 2.41. The van der Waals surface area contributed by atoms with E-state index in [1.165, 1.54) is 19.1 Å². The van der Waals surface area contributed by atoms with Gasteiger partial charge in [-0.05, 0) is 23.0 Å². The van der Waals surface area contributed by atoms with Crippen LogP contribution < -0.4 is 4.72 Å². The Labute approximate surface area is 143 Å². The zero-order valence-electron chi connectivity index (χ0n) is 13.7. The lowest BCUT2D eigenvalue weighted by molar-refractivity contribution is -0.806. The summed E-state index contributed by atoms with van der Waals surface area (Å²) >= 11 is 0. The molecule has 0 aliphatic heterocycles. The molecule has 0 radical (unpaired) electrons. The van der Waals surface area contributed by atoms with Gasteiger partial charge in [0.05, 0.1) is 28.6 Å². The van der Waals surface area contributed by atoms with Crippen molar-refractivity contribution < 1.29 is 23.1 Å². The largest absolute Gasteiger partial charge is 0.594 e. The number of nitrogens with zero attached hydrogens (tertiary/aromatic N) is 4. The van der Waals surface area contributed by atoms with Crippen molar-refractivity contribution >= 4 is 15.7 Å². The van der Waals surface area contributed by atoms with Crippen LogP contribution in [0.15, 0.2) is 28.2 Å². The molecule has 0 saturated carbocycles. The van der Waals surface area contributed by atoms with Crippen LogP contribution in [0.25, 0.3) is 0 Å². The minimum absolute atomic E-state index is 0.113. The van der Waals surface area contributed by atoms with E-state index in [-0.39, 0.29) is 28.5 Å². The Morgan fingerprint density at radius 3 is 2.32 bits per heavy atom. The highest BCUT2D eigenvalue weighted by molar-refractivity contribution is 7.89. The van der Waals surface area contributed by atoms with E-state index in [1.54, 1.807) is 0 Å². The van der Waals surface area contributed by atoms with Crippen molar-refractivity contribution in [3.63, 3.8) is 0 Å². The third-order valence-electron chi connectivity index (χ3n) is 3.23. The fraction of sp³-hybridized carbons (Fsp3) is 0.500. The molecule has 0 unspecified atom stereocenters. The summed E-state index contributed by atoms with van der Waals surface area (Å²) in [6.07, 6.45) is 0. The molecule has 0 amide bonds. The quantitative estimate of drug-likeness (QED) is 0.177. The fourth-order valence-corrected chi connectivity index (χ4v) is 2.64. The van der Waals surface area contributed by atoms with Crippen molar-refractivity contribution in [3.05, 3.63) is 49.2 Å². The maximum atomic E-state index is 12.1. The third kappa shape index (κ3) is 4.90. The molecule has 1 aromatic carbocycles. The molecule has 1 rings (SSSR count). The molecule has 0 bridgehead atoms. The maximum absolute atomic E-state index is 12.1. The van der Waals surface area contributed by atoms with Crippen LogP contribution in [0.1, 0.15) is 19.4 Å². The molecule has 1 aromatic rings. The topological polar surface area (TPSA) is 171 Å². The number of rotatable bonds is 8. The second kappa shape index (κ2) is 7.48. The van der Waals surface area contributed by atoms with Crippen LogP contribution >= 0.6 is 0 Å². The van der Waals surface area contributed by atoms with E-state index >= 15 is 0 Å². The number of hydrogen-bond acceptors (Lipinski definition) is 8. The number of hydrogen-bond donors (Lipinski definition) is 1. The van der Waals surface area contributed by atoms with Crippen LogP contribution in [0.5, 0.6) is 0 Å². The minimum atomic E-state index is -4.05. The molecule has 1 N–H and O–H groups in total. The van der Waals surface area contributed by atoms with Gasteiger partial charge in [0.25, 0.3) is 5.69 Å². The number of nitro groups is 2. The average molecular weight is 375 g/mol. The fourth-order valence-electron chi connectivity index (χ4n) is 1.60. The third-order valence-corrected chi connectivity index (χ3v) is 4.69. The highest BCUT2D eigenvalue weighted by Crippen LogP contribution is 2.21. The molecule has 0 fully saturated rings. The van der Waals surface area contributed by atoms with E-state index in [0.717, 1.165) is 19.9 Å². The molecule has 0 atom stereocenters. The van der Waals surface area contributed by atoms with E-state index in [9.17, 15) is 33.9 Å². The lowest BCUT2D eigenvalue weighted by atomic mass is 10.2. The lowest BCUT2D eigenvalue weighted by Gasteiger charge is -2.12. The van der Waals surface area contributed by atoms with Gasteiger partial charge in [-0.25, -0.2) is 13.1 Å². The zero-order valence-corrected chi connectivity index (χ0v) is 14.5. The number of azo groups is 1. The van der Waals surface area contributed by atoms with Crippen molar-refractivity contribution in [2.45, 2.75) is 31.3 Å². The molecule has 0 heterocycles. The zero-order chi connectivity index (χ0) is 19.4. The first-order chi connectivity index (χ1) is 11.4. The summed E-state index contributed by atoms with van der Waals surface area (Å²) in [6, 6.07) is 3.43. The van der Waals surface area contributed by atoms with Crippen molar-refractivity contribution in [2.75, 3.05) is 13.1 Å². The number of benzene rings is 1. The molecule has 0 spiro atoms. The molecular formula is C12H17N5O7S. The number of sulfonamides is 1.